The molecule has 0 aliphatic carbocycles. The van der Waals surface area contributed by atoms with E-state index >= 15 is 0 Å². The van der Waals surface area contributed by atoms with E-state index in [1.807, 2.05) is 17.5 Å². The summed E-state index contributed by atoms with van der Waals surface area (Å²) in [5.41, 5.74) is 2.38. The Morgan fingerprint density at radius 1 is 1.39 bits per heavy atom. The van der Waals surface area contributed by atoms with Crippen molar-refractivity contribution in [2.45, 2.75) is 19.0 Å². The van der Waals surface area contributed by atoms with Crippen LogP contribution >= 0.6 is 11.3 Å². The number of thiophene rings is 1. The molecule has 4 rings (SSSR count). The molecule has 0 saturated carbocycles. The lowest BCUT2D eigenvalue weighted by molar-refractivity contribution is -0.127. The average molecular weight is 331 g/mol. The van der Waals surface area contributed by atoms with Crippen LogP contribution in [0.3, 0.4) is 0 Å². The smallest absolute Gasteiger partial charge is 0.275 e. The number of carbonyl (C=O) groups excluding carboxylic acids is 2. The van der Waals surface area contributed by atoms with Gasteiger partial charge in [0.05, 0.1) is 0 Å². The normalized spacial score (nSPS) is 21.0. The van der Waals surface area contributed by atoms with Gasteiger partial charge in [-0.2, -0.15) is 5.10 Å². The topological polar surface area (TPSA) is 90.1 Å². The maximum absolute atomic E-state index is 13.0. The Balaban J connectivity index is 1.68. The number of hydrogen-bond donors (Lipinski definition) is 3. The van der Waals surface area contributed by atoms with Crippen molar-refractivity contribution in [1.82, 2.24) is 25.7 Å². The largest absolute Gasteiger partial charge is 0.352 e. The van der Waals surface area contributed by atoms with Crippen LogP contribution in [0.15, 0.2) is 17.5 Å². The molecule has 2 aromatic heterocycles. The number of aromatic nitrogens is 2. The molecule has 0 bridgehead atoms. The van der Waals surface area contributed by atoms with E-state index in [1.165, 1.54) is 11.3 Å². The Bertz CT molecular complexity index is 739. The highest BCUT2D eigenvalue weighted by molar-refractivity contribution is 7.10. The monoisotopic (exact) mass is 331 g/mol. The zero-order valence-corrected chi connectivity index (χ0v) is 13.3. The van der Waals surface area contributed by atoms with Gasteiger partial charge in [-0.15, -0.1) is 11.3 Å². The van der Waals surface area contributed by atoms with Crippen LogP contribution in [-0.2, 0) is 17.8 Å². The van der Waals surface area contributed by atoms with E-state index in [-0.39, 0.29) is 11.8 Å². The Labute approximate surface area is 137 Å². The molecule has 2 aromatic rings. The second-order valence-corrected chi connectivity index (χ2v) is 6.64. The summed E-state index contributed by atoms with van der Waals surface area (Å²) >= 11 is 1.49. The highest BCUT2D eigenvalue weighted by Gasteiger charge is 2.37. The van der Waals surface area contributed by atoms with Gasteiger partial charge in [-0.1, -0.05) is 6.07 Å². The molecule has 1 fully saturated rings. The highest BCUT2D eigenvalue weighted by Crippen LogP contribution is 2.29. The van der Waals surface area contributed by atoms with Crippen molar-refractivity contribution >= 4 is 23.2 Å². The van der Waals surface area contributed by atoms with Crippen molar-refractivity contribution in [3.05, 3.63) is 39.3 Å². The van der Waals surface area contributed by atoms with Crippen molar-refractivity contribution < 1.29 is 9.59 Å². The number of piperazine rings is 1. The fraction of sp³-hybridized carbons (Fsp3) is 0.400. The molecule has 7 nitrogen and oxygen atoms in total. The van der Waals surface area contributed by atoms with Gasteiger partial charge in [0.15, 0.2) is 5.69 Å². The van der Waals surface area contributed by atoms with Gasteiger partial charge in [-0.3, -0.25) is 14.7 Å². The van der Waals surface area contributed by atoms with Crippen molar-refractivity contribution in [3.63, 3.8) is 0 Å². The third kappa shape index (κ3) is 2.43. The standard InChI is InChI=1S/C15H17N5O2S/c21-14-13(11-2-1-7-23-11)20(6-5-17-14)15(22)12-9-8-16-4-3-10(9)18-19-12/h1-2,7,13,16H,3-6,8H2,(H,17,21)(H,18,19). The number of amides is 2. The number of rotatable bonds is 2. The summed E-state index contributed by atoms with van der Waals surface area (Å²) in [5.74, 6) is -0.311. The van der Waals surface area contributed by atoms with E-state index in [2.05, 4.69) is 20.8 Å². The zero-order valence-electron chi connectivity index (χ0n) is 12.5. The predicted molar refractivity (Wildman–Crippen MR) is 85.1 cm³/mol. The molecule has 2 aliphatic rings. The van der Waals surface area contributed by atoms with Gasteiger partial charge in [0, 0.05) is 48.7 Å². The van der Waals surface area contributed by atoms with E-state index in [9.17, 15) is 9.59 Å². The molecule has 2 amide bonds. The van der Waals surface area contributed by atoms with Gasteiger partial charge in [-0.25, -0.2) is 0 Å². The minimum absolute atomic E-state index is 0.130. The maximum Gasteiger partial charge on any atom is 0.275 e. The van der Waals surface area contributed by atoms with Gasteiger partial charge in [0.1, 0.15) is 6.04 Å². The first kappa shape index (κ1) is 14.4. The summed E-state index contributed by atoms with van der Waals surface area (Å²) in [6.07, 6.45) is 0.838. The van der Waals surface area contributed by atoms with Gasteiger partial charge in [0.2, 0.25) is 5.91 Å². The molecule has 8 heteroatoms. The second-order valence-electron chi connectivity index (χ2n) is 5.66. The minimum Gasteiger partial charge on any atom is -0.352 e. The Morgan fingerprint density at radius 3 is 3.13 bits per heavy atom. The SMILES string of the molecule is O=C1NCCN(C(=O)c2n[nH]c3c2CNCC3)C1c1cccs1. The molecular formula is C15H17N5O2S. The fourth-order valence-electron chi connectivity index (χ4n) is 3.15. The van der Waals surface area contributed by atoms with Crippen LogP contribution in [0.4, 0.5) is 0 Å². The minimum atomic E-state index is -0.569. The summed E-state index contributed by atoms with van der Waals surface area (Å²) in [5, 5.41) is 15.2. The number of H-pyrrole nitrogens is 1. The molecule has 4 heterocycles. The lowest BCUT2D eigenvalue weighted by Gasteiger charge is -2.34. The number of aromatic amines is 1. The highest BCUT2D eigenvalue weighted by atomic mass is 32.1. The van der Waals surface area contributed by atoms with Crippen LogP contribution in [-0.4, -0.2) is 46.5 Å². The summed E-state index contributed by atoms with van der Waals surface area (Å²) in [7, 11) is 0. The van der Waals surface area contributed by atoms with Gasteiger partial charge in [0.25, 0.3) is 5.91 Å². The summed E-state index contributed by atoms with van der Waals surface area (Å²) in [6.45, 7) is 2.48. The van der Waals surface area contributed by atoms with E-state index in [0.29, 0.717) is 25.3 Å². The van der Waals surface area contributed by atoms with Crippen molar-refractivity contribution in [2.24, 2.45) is 0 Å². The van der Waals surface area contributed by atoms with Crippen LogP contribution in [0, 0.1) is 0 Å². The molecular weight excluding hydrogens is 314 g/mol. The fourth-order valence-corrected chi connectivity index (χ4v) is 3.99. The summed E-state index contributed by atoms with van der Waals surface area (Å²) in [6, 6.07) is 3.22. The number of fused-ring (bicyclic) bond motifs is 1. The lowest BCUT2D eigenvalue weighted by Crippen LogP contribution is -2.52. The molecule has 1 saturated heterocycles. The molecule has 1 atom stereocenters. The number of nitrogens with one attached hydrogen (secondary N) is 3. The van der Waals surface area contributed by atoms with Crippen LogP contribution < -0.4 is 10.6 Å². The number of hydrogen-bond acceptors (Lipinski definition) is 5. The molecule has 3 N–H and O–H groups in total. The predicted octanol–water partition coefficient (Wildman–Crippen LogP) is 0.430. The van der Waals surface area contributed by atoms with Gasteiger partial charge < -0.3 is 15.5 Å². The first-order valence-electron chi connectivity index (χ1n) is 7.64. The van der Waals surface area contributed by atoms with E-state index < -0.39 is 6.04 Å². The van der Waals surface area contributed by atoms with E-state index in [0.717, 1.165) is 29.1 Å². The van der Waals surface area contributed by atoms with Crippen LogP contribution in [0.5, 0.6) is 0 Å². The van der Waals surface area contributed by atoms with Crippen LogP contribution in [0.1, 0.15) is 32.7 Å². The van der Waals surface area contributed by atoms with Gasteiger partial charge >= 0.3 is 0 Å². The number of nitrogens with zero attached hydrogens (tertiary/aromatic N) is 2. The molecule has 2 aliphatic heterocycles. The van der Waals surface area contributed by atoms with Crippen molar-refractivity contribution in [1.29, 1.82) is 0 Å². The third-order valence-corrected chi connectivity index (χ3v) is 5.22. The molecule has 1 unspecified atom stereocenters. The summed E-state index contributed by atoms with van der Waals surface area (Å²) in [4.78, 5) is 27.9. The van der Waals surface area contributed by atoms with Crippen molar-refractivity contribution in [3.8, 4) is 0 Å². The van der Waals surface area contributed by atoms with E-state index in [1.54, 1.807) is 4.90 Å². The van der Waals surface area contributed by atoms with Gasteiger partial charge in [-0.05, 0) is 11.4 Å². The zero-order chi connectivity index (χ0) is 15.8. The van der Waals surface area contributed by atoms with Crippen LogP contribution in [0.25, 0.3) is 0 Å². The first-order valence-corrected chi connectivity index (χ1v) is 8.52. The van der Waals surface area contributed by atoms with E-state index in [4.69, 9.17) is 0 Å². The molecule has 0 radical (unpaired) electrons. The second kappa shape index (κ2) is 5.78. The number of carbonyl (C=O) groups is 2. The first-order chi connectivity index (χ1) is 11.3. The lowest BCUT2D eigenvalue weighted by atomic mass is 10.0. The quantitative estimate of drug-likeness (QED) is 0.744. The maximum atomic E-state index is 13.0. The molecule has 0 spiro atoms. The van der Waals surface area contributed by atoms with Crippen molar-refractivity contribution in [2.75, 3.05) is 19.6 Å². The third-order valence-electron chi connectivity index (χ3n) is 4.29. The average Bonchev–Trinajstić information content (AvgIpc) is 3.23. The Hall–Kier alpha value is -2.19. The molecule has 120 valence electrons. The Kier molecular flexibility index (Phi) is 3.62. The Morgan fingerprint density at radius 2 is 2.30 bits per heavy atom. The molecule has 0 aromatic carbocycles. The summed E-state index contributed by atoms with van der Waals surface area (Å²) < 4.78 is 0. The van der Waals surface area contributed by atoms with Crippen LogP contribution in [0.2, 0.25) is 0 Å². The molecule has 23 heavy (non-hydrogen) atoms.